The minimum Gasteiger partial charge on any atom is -0.493 e. The second-order valence-corrected chi connectivity index (χ2v) is 6.09. The normalized spacial score (nSPS) is 10.8. The first kappa shape index (κ1) is 22.5. The maximum absolute atomic E-state index is 5.35. The Hall–Kier alpha value is -2.75. The van der Waals surface area contributed by atoms with Crippen molar-refractivity contribution in [2.75, 3.05) is 26.6 Å². The lowest BCUT2D eigenvalue weighted by atomic mass is 10.1. The molecular formula is C21H26IN5O2. The number of nitrogens with zero attached hydrogens (tertiary/aromatic N) is 3. The Kier molecular flexibility index (Phi) is 8.78. The third kappa shape index (κ3) is 6.11. The number of nitrogens with one attached hydrogen (secondary N) is 2. The lowest BCUT2D eigenvalue weighted by Crippen LogP contribution is -2.30. The maximum Gasteiger partial charge on any atom is 0.195 e. The Balaban J connectivity index is 0.00000300. The summed E-state index contributed by atoms with van der Waals surface area (Å²) in [5.41, 5.74) is 3.25. The van der Waals surface area contributed by atoms with Crippen molar-refractivity contribution in [3.8, 4) is 11.5 Å². The number of hydrogen-bond donors (Lipinski definition) is 2. The number of aliphatic imine (C=N–C) groups is 1. The van der Waals surface area contributed by atoms with Gasteiger partial charge in [0.15, 0.2) is 17.5 Å². The molecule has 3 aromatic rings. The Bertz CT molecular complexity index is 929. The fourth-order valence-electron chi connectivity index (χ4n) is 2.86. The summed E-state index contributed by atoms with van der Waals surface area (Å²) >= 11 is 0. The van der Waals surface area contributed by atoms with Crippen molar-refractivity contribution in [1.82, 2.24) is 15.1 Å². The Morgan fingerprint density at radius 3 is 2.45 bits per heavy atom. The lowest BCUT2D eigenvalue weighted by Gasteiger charge is -2.15. The van der Waals surface area contributed by atoms with Crippen LogP contribution in [0, 0.1) is 0 Å². The summed E-state index contributed by atoms with van der Waals surface area (Å²) in [7, 11) is 4.98. The smallest absolute Gasteiger partial charge is 0.195 e. The van der Waals surface area contributed by atoms with E-state index >= 15 is 0 Å². The van der Waals surface area contributed by atoms with Gasteiger partial charge in [-0.05, 0) is 29.3 Å². The minimum atomic E-state index is 0. The number of aromatic nitrogens is 2. The van der Waals surface area contributed by atoms with E-state index in [2.05, 4.69) is 32.9 Å². The van der Waals surface area contributed by atoms with Gasteiger partial charge in [-0.3, -0.25) is 9.67 Å². The fraction of sp³-hybridized carbons (Fsp3) is 0.238. The number of hydrogen-bond acceptors (Lipinski definition) is 4. The van der Waals surface area contributed by atoms with E-state index < -0.39 is 0 Å². The molecule has 7 nitrogen and oxygen atoms in total. The molecular weight excluding hydrogens is 481 g/mol. The molecule has 154 valence electrons. The van der Waals surface area contributed by atoms with E-state index in [1.54, 1.807) is 27.5 Å². The zero-order chi connectivity index (χ0) is 19.8. The summed E-state index contributed by atoms with van der Waals surface area (Å²) in [6.45, 7) is 1.37. The van der Waals surface area contributed by atoms with E-state index in [1.807, 2.05) is 47.3 Å². The zero-order valence-electron chi connectivity index (χ0n) is 16.8. The van der Waals surface area contributed by atoms with Gasteiger partial charge in [-0.1, -0.05) is 24.3 Å². The van der Waals surface area contributed by atoms with Crippen molar-refractivity contribution in [2.45, 2.75) is 13.1 Å². The van der Waals surface area contributed by atoms with Crippen LogP contribution in [0.15, 0.2) is 65.9 Å². The molecule has 0 spiro atoms. The molecule has 2 N–H and O–H groups in total. The zero-order valence-corrected chi connectivity index (χ0v) is 19.1. The van der Waals surface area contributed by atoms with Gasteiger partial charge < -0.3 is 20.1 Å². The molecule has 0 aliphatic rings. The second kappa shape index (κ2) is 11.3. The third-order valence-electron chi connectivity index (χ3n) is 4.33. The lowest BCUT2D eigenvalue weighted by molar-refractivity contribution is 0.355. The highest BCUT2D eigenvalue weighted by Gasteiger charge is 2.08. The van der Waals surface area contributed by atoms with E-state index in [0.717, 1.165) is 12.2 Å². The quantitative estimate of drug-likeness (QED) is 0.290. The SMILES string of the molecule is CN=C(NCc1ccccc1Cn1cccn1)Nc1ccc(OC)c(OC)c1.I. The number of anilines is 1. The van der Waals surface area contributed by atoms with Gasteiger partial charge in [-0.2, -0.15) is 5.10 Å². The third-order valence-corrected chi connectivity index (χ3v) is 4.33. The summed E-state index contributed by atoms with van der Waals surface area (Å²) in [5, 5.41) is 10.9. The van der Waals surface area contributed by atoms with Crippen LogP contribution in [0.3, 0.4) is 0 Å². The van der Waals surface area contributed by atoms with Crippen LogP contribution < -0.4 is 20.1 Å². The molecule has 2 aromatic carbocycles. The van der Waals surface area contributed by atoms with Gasteiger partial charge in [-0.15, -0.1) is 24.0 Å². The highest BCUT2D eigenvalue weighted by atomic mass is 127. The molecule has 0 aliphatic heterocycles. The Morgan fingerprint density at radius 1 is 1.03 bits per heavy atom. The largest absolute Gasteiger partial charge is 0.493 e. The van der Waals surface area contributed by atoms with Gasteiger partial charge in [0.05, 0.1) is 20.8 Å². The summed E-state index contributed by atoms with van der Waals surface area (Å²) in [5.74, 6) is 2.01. The monoisotopic (exact) mass is 507 g/mol. The van der Waals surface area contributed by atoms with Crippen LogP contribution >= 0.6 is 24.0 Å². The molecule has 8 heteroatoms. The maximum atomic E-state index is 5.35. The van der Waals surface area contributed by atoms with Gasteiger partial charge >= 0.3 is 0 Å². The van der Waals surface area contributed by atoms with Gasteiger partial charge in [-0.25, -0.2) is 0 Å². The van der Waals surface area contributed by atoms with Crippen molar-refractivity contribution >= 4 is 35.6 Å². The van der Waals surface area contributed by atoms with Gasteiger partial charge in [0.25, 0.3) is 0 Å². The van der Waals surface area contributed by atoms with E-state index in [-0.39, 0.29) is 24.0 Å². The molecule has 0 atom stereocenters. The topological polar surface area (TPSA) is 72.7 Å². The number of guanidine groups is 1. The first-order valence-corrected chi connectivity index (χ1v) is 8.97. The van der Waals surface area contributed by atoms with Gasteiger partial charge in [0.2, 0.25) is 0 Å². The second-order valence-electron chi connectivity index (χ2n) is 6.09. The summed E-state index contributed by atoms with van der Waals surface area (Å²) in [6, 6.07) is 15.9. The van der Waals surface area contributed by atoms with Crippen molar-refractivity contribution in [3.63, 3.8) is 0 Å². The molecule has 1 aromatic heterocycles. The van der Waals surface area contributed by atoms with E-state index in [0.29, 0.717) is 24.0 Å². The van der Waals surface area contributed by atoms with Crippen LogP contribution in [0.2, 0.25) is 0 Å². The Morgan fingerprint density at radius 2 is 1.79 bits per heavy atom. The number of methoxy groups -OCH3 is 2. The molecule has 0 radical (unpaired) electrons. The Labute approximate surface area is 188 Å². The van der Waals surface area contributed by atoms with Crippen molar-refractivity contribution < 1.29 is 9.47 Å². The summed E-state index contributed by atoms with van der Waals surface area (Å²) in [4.78, 5) is 4.31. The highest BCUT2D eigenvalue weighted by Crippen LogP contribution is 2.29. The number of ether oxygens (including phenoxy) is 2. The van der Waals surface area contributed by atoms with Crippen LogP contribution in [-0.4, -0.2) is 37.0 Å². The van der Waals surface area contributed by atoms with Crippen LogP contribution in [-0.2, 0) is 13.1 Å². The van der Waals surface area contributed by atoms with Gasteiger partial charge in [0.1, 0.15) is 0 Å². The molecule has 1 heterocycles. The van der Waals surface area contributed by atoms with Crippen LogP contribution in [0.4, 0.5) is 5.69 Å². The minimum absolute atomic E-state index is 0. The van der Waals surface area contributed by atoms with Crippen LogP contribution in [0.5, 0.6) is 11.5 Å². The van der Waals surface area contributed by atoms with E-state index in [4.69, 9.17) is 9.47 Å². The molecule has 0 amide bonds. The molecule has 3 rings (SSSR count). The predicted octanol–water partition coefficient (Wildman–Crippen LogP) is 3.75. The summed E-state index contributed by atoms with van der Waals surface area (Å²) < 4.78 is 12.5. The predicted molar refractivity (Wildman–Crippen MR) is 127 cm³/mol. The molecule has 0 bridgehead atoms. The number of halogens is 1. The molecule has 0 aliphatic carbocycles. The summed E-state index contributed by atoms with van der Waals surface area (Å²) in [6.07, 6.45) is 3.75. The fourth-order valence-corrected chi connectivity index (χ4v) is 2.86. The number of rotatable bonds is 7. The first-order valence-electron chi connectivity index (χ1n) is 8.97. The standard InChI is InChI=1S/C21H25N5O2.HI/c1-22-21(25-18-9-10-19(27-2)20(13-18)28-3)23-14-16-7-4-5-8-17(16)15-26-12-6-11-24-26;/h4-13H,14-15H2,1-3H3,(H2,22,23,25);1H. The molecule has 29 heavy (non-hydrogen) atoms. The average molecular weight is 507 g/mol. The molecule has 0 fully saturated rings. The first-order chi connectivity index (χ1) is 13.7. The van der Waals surface area contributed by atoms with E-state index in [1.165, 1.54) is 11.1 Å². The highest BCUT2D eigenvalue weighted by molar-refractivity contribution is 14.0. The number of benzene rings is 2. The average Bonchev–Trinajstić information content (AvgIpc) is 3.25. The van der Waals surface area contributed by atoms with Gasteiger partial charge in [0, 0.05) is 37.7 Å². The van der Waals surface area contributed by atoms with Crippen molar-refractivity contribution in [3.05, 3.63) is 72.1 Å². The van der Waals surface area contributed by atoms with Crippen molar-refractivity contribution in [2.24, 2.45) is 4.99 Å². The molecule has 0 unspecified atom stereocenters. The molecule has 0 saturated carbocycles. The van der Waals surface area contributed by atoms with Crippen molar-refractivity contribution in [1.29, 1.82) is 0 Å². The van der Waals surface area contributed by atoms with Crippen LogP contribution in [0.1, 0.15) is 11.1 Å². The van der Waals surface area contributed by atoms with Crippen LogP contribution in [0.25, 0.3) is 0 Å². The van der Waals surface area contributed by atoms with E-state index in [9.17, 15) is 0 Å². The molecule has 0 saturated heterocycles.